The number of rotatable bonds is 9. The summed E-state index contributed by atoms with van der Waals surface area (Å²) in [5.41, 5.74) is -0.490. The van der Waals surface area contributed by atoms with E-state index >= 15 is 0 Å². The summed E-state index contributed by atoms with van der Waals surface area (Å²) in [6, 6.07) is 1.84. The van der Waals surface area contributed by atoms with Crippen molar-refractivity contribution in [3.05, 3.63) is 18.5 Å². The van der Waals surface area contributed by atoms with Crippen molar-refractivity contribution < 1.29 is 9.53 Å². The molecule has 1 aliphatic heterocycles. The summed E-state index contributed by atoms with van der Waals surface area (Å²) >= 11 is 0. The molecule has 1 saturated heterocycles. The fourth-order valence-electron chi connectivity index (χ4n) is 3.11. The number of carbonyl (C=O) groups is 1. The van der Waals surface area contributed by atoms with Crippen LogP contribution in [0.15, 0.2) is 23.5 Å². The van der Waals surface area contributed by atoms with E-state index in [0.29, 0.717) is 13.1 Å². The quantitative estimate of drug-likeness (QED) is 0.181. The molecule has 2 heterocycles. The van der Waals surface area contributed by atoms with Gasteiger partial charge in [-0.2, -0.15) is 0 Å². The van der Waals surface area contributed by atoms with Crippen LogP contribution in [0.1, 0.15) is 34.1 Å². The van der Waals surface area contributed by atoms with Crippen LogP contribution in [-0.2, 0) is 4.74 Å². The standard InChI is InChI=1S/C21H38N8O2.HI/c1-5-22-18(24-11-12-27-20(30)31-21(2,3)4)23-10-7-13-28-14-16-29(17-15-28)19-25-8-6-9-26-19;/h6,8-9H,5,7,10-17H2,1-4H3,(H,27,30)(H2,22,23,24);1H. The van der Waals surface area contributed by atoms with Gasteiger partial charge in [-0.25, -0.2) is 14.8 Å². The van der Waals surface area contributed by atoms with E-state index in [1.807, 2.05) is 33.8 Å². The smallest absolute Gasteiger partial charge is 0.407 e. The lowest BCUT2D eigenvalue weighted by Gasteiger charge is -2.34. The number of amides is 1. The van der Waals surface area contributed by atoms with Gasteiger partial charge in [0.15, 0.2) is 5.96 Å². The Hall–Kier alpha value is -1.89. The predicted octanol–water partition coefficient (Wildman–Crippen LogP) is 1.69. The number of hydrogen-bond acceptors (Lipinski definition) is 7. The molecule has 0 unspecified atom stereocenters. The van der Waals surface area contributed by atoms with E-state index in [0.717, 1.165) is 64.1 Å². The maximum Gasteiger partial charge on any atom is 0.407 e. The molecule has 0 bridgehead atoms. The van der Waals surface area contributed by atoms with Crippen LogP contribution in [0.5, 0.6) is 0 Å². The average Bonchev–Trinajstić information content (AvgIpc) is 2.74. The van der Waals surface area contributed by atoms with Crippen LogP contribution in [0.3, 0.4) is 0 Å². The van der Waals surface area contributed by atoms with Crippen molar-refractivity contribution in [3.8, 4) is 0 Å². The summed E-state index contributed by atoms with van der Waals surface area (Å²) < 4.78 is 5.22. The van der Waals surface area contributed by atoms with E-state index in [1.54, 1.807) is 12.4 Å². The molecule has 0 aliphatic carbocycles. The molecule has 11 heteroatoms. The maximum absolute atomic E-state index is 11.7. The molecular weight excluding hydrogens is 523 g/mol. The maximum atomic E-state index is 11.7. The van der Waals surface area contributed by atoms with Gasteiger partial charge in [-0.3, -0.25) is 9.89 Å². The van der Waals surface area contributed by atoms with Crippen molar-refractivity contribution in [1.82, 2.24) is 30.8 Å². The second-order valence-electron chi connectivity index (χ2n) is 8.35. The molecule has 0 saturated carbocycles. The summed E-state index contributed by atoms with van der Waals surface area (Å²) in [6.07, 6.45) is 4.16. The molecule has 1 aromatic rings. The van der Waals surface area contributed by atoms with Crippen LogP contribution >= 0.6 is 24.0 Å². The third-order valence-electron chi connectivity index (χ3n) is 4.54. The Morgan fingerprint density at radius 3 is 2.38 bits per heavy atom. The second-order valence-corrected chi connectivity index (χ2v) is 8.35. The highest BCUT2D eigenvalue weighted by atomic mass is 127. The third kappa shape index (κ3) is 11.7. The molecule has 1 aliphatic rings. The SMILES string of the molecule is CCNC(=NCCCN1CCN(c2ncccn2)CC1)NCCNC(=O)OC(C)(C)C.I. The summed E-state index contributed by atoms with van der Waals surface area (Å²) in [5, 5.41) is 9.20. The lowest BCUT2D eigenvalue weighted by molar-refractivity contribution is 0.0529. The van der Waals surface area contributed by atoms with Gasteiger partial charge < -0.3 is 25.6 Å². The van der Waals surface area contributed by atoms with E-state index in [4.69, 9.17) is 4.74 Å². The Labute approximate surface area is 209 Å². The zero-order valence-corrected chi connectivity index (χ0v) is 22.1. The summed E-state index contributed by atoms with van der Waals surface area (Å²) in [7, 11) is 0. The number of ether oxygens (including phenoxy) is 1. The fourth-order valence-corrected chi connectivity index (χ4v) is 3.11. The van der Waals surface area contributed by atoms with Gasteiger partial charge in [-0.05, 0) is 40.2 Å². The number of nitrogens with one attached hydrogen (secondary N) is 3. The van der Waals surface area contributed by atoms with Crippen LogP contribution in [0, 0.1) is 0 Å². The largest absolute Gasteiger partial charge is 0.444 e. The number of alkyl carbamates (subject to hydrolysis) is 1. The van der Waals surface area contributed by atoms with Gasteiger partial charge in [0.25, 0.3) is 0 Å². The zero-order chi connectivity index (χ0) is 22.5. The minimum Gasteiger partial charge on any atom is -0.444 e. The lowest BCUT2D eigenvalue weighted by atomic mass is 10.2. The molecule has 0 atom stereocenters. The molecule has 1 amide bonds. The molecule has 0 radical (unpaired) electrons. The molecule has 0 spiro atoms. The molecule has 2 rings (SSSR count). The Kier molecular flexibility index (Phi) is 13.2. The summed E-state index contributed by atoms with van der Waals surface area (Å²) in [5.74, 6) is 1.58. The number of halogens is 1. The first-order valence-corrected chi connectivity index (χ1v) is 11.1. The molecular formula is C21H39IN8O2. The number of hydrogen-bond donors (Lipinski definition) is 3. The highest BCUT2D eigenvalue weighted by Gasteiger charge is 2.18. The molecule has 1 fully saturated rings. The molecule has 3 N–H and O–H groups in total. The van der Waals surface area contributed by atoms with Gasteiger partial charge in [0, 0.05) is 71.3 Å². The number of aromatic nitrogens is 2. The van der Waals surface area contributed by atoms with Gasteiger partial charge in [-0.15, -0.1) is 24.0 Å². The number of carbonyl (C=O) groups excluding carboxylic acids is 1. The first kappa shape index (κ1) is 28.1. The van der Waals surface area contributed by atoms with E-state index < -0.39 is 11.7 Å². The first-order valence-electron chi connectivity index (χ1n) is 11.1. The molecule has 32 heavy (non-hydrogen) atoms. The summed E-state index contributed by atoms with van der Waals surface area (Å²) in [4.78, 5) is 29.6. The van der Waals surface area contributed by atoms with Crippen molar-refractivity contribution in [1.29, 1.82) is 0 Å². The minimum absolute atomic E-state index is 0. The monoisotopic (exact) mass is 562 g/mol. The zero-order valence-electron chi connectivity index (χ0n) is 19.8. The Morgan fingerprint density at radius 1 is 1.09 bits per heavy atom. The fraction of sp³-hybridized carbons (Fsp3) is 0.714. The highest BCUT2D eigenvalue weighted by Crippen LogP contribution is 2.09. The topological polar surface area (TPSA) is 107 Å². The minimum atomic E-state index is -0.490. The van der Waals surface area contributed by atoms with E-state index in [1.165, 1.54) is 0 Å². The van der Waals surface area contributed by atoms with Crippen LogP contribution in [0.4, 0.5) is 10.7 Å². The molecule has 0 aromatic carbocycles. The van der Waals surface area contributed by atoms with E-state index in [9.17, 15) is 4.79 Å². The highest BCUT2D eigenvalue weighted by molar-refractivity contribution is 14.0. The van der Waals surface area contributed by atoms with Crippen LogP contribution in [-0.4, -0.2) is 91.4 Å². The second kappa shape index (κ2) is 15.0. The van der Waals surface area contributed by atoms with Crippen molar-refractivity contribution in [2.75, 3.05) is 63.8 Å². The predicted molar refractivity (Wildman–Crippen MR) is 139 cm³/mol. The summed E-state index contributed by atoms with van der Waals surface area (Å²) in [6.45, 7) is 15.1. The number of nitrogens with zero attached hydrogens (tertiary/aromatic N) is 5. The van der Waals surface area contributed by atoms with Crippen LogP contribution in [0.2, 0.25) is 0 Å². The van der Waals surface area contributed by atoms with Crippen molar-refractivity contribution in [3.63, 3.8) is 0 Å². The van der Waals surface area contributed by atoms with E-state index in [2.05, 4.69) is 40.7 Å². The van der Waals surface area contributed by atoms with Crippen molar-refractivity contribution in [2.45, 2.75) is 39.7 Å². The number of aliphatic imine (C=N–C) groups is 1. The first-order chi connectivity index (χ1) is 14.9. The van der Waals surface area contributed by atoms with Gasteiger partial charge in [0.05, 0.1) is 0 Å². The van der Waals surface area contributed by atoms with Gasteiger partial charge in [-0.1, -0.05) is 0 Å². The van der Waals surface area contributed by atoms with Gasteiger partial charge >= 0.3 is 6.09 Å². The third-order valence-corrected chi connectivity index (χ3v) is 4.54. The van der Waals surface area contributed by atoms with Crippen molar-refractivity contribution in [2.24, 2.45) is 4.99 Å². The molecule has 1 aromatic heterocycles. The Balaban J connectivity index is 0.00000512. The molecule has 10 nitrogen and oxygen atoms in total. The van der Waals surface area contributed by atoms with Crippen molar-refractivity contribution >= 4 is 42.0 Å². The average molecular weight is 563 g/mol. The number of piperazine rings is 1. The number of anilines is 1. The normalized spacial score (nSPS) is 15.0. The number of guanidine groups is 1. The van der Waals surface area contributed by atoms with Crippen LogP contribution in [0.25, 0.3) is 0 Å². The van der Waals surface area contributed by atoms with Crippen LogP contribution < -0.4 is 20.9 Å². The van der Waals surface area contributed by atoms with E-state index in [-0.39, 0.29) is 24.0 Å². The lowest BCUT2D eigenvalue weighted by Crippen LogP contribution is -2.47. The Bertz CT molecular complexity index is 676. The van der Waals surface area contributed by atoms with Gasteiger partial charge in [0.1, 0.15) is 5.60 Å². The van der Waals surface area contributed by atoms with Gasteiger partial charge in [0.2, 0.25) is 5.95 Å². The molecule has 182 valence electrons. The Morgan fingerprint density at radius 2 is 1.75 bits per heavy atom.